The summed E-state index contributed by atoms with van der Waals surface area (Å²) >= 11 is 7.60. The number of rotatable bonds is 5. The number of amides is 1. The van der Waals surface area contributed by atoms with Gasteiger partial charge in [0, 0.05) is 15.4 Å². The molecule has 0 aliphatic heterocycles. The molecule has 1 aromatic carbocycles. The van der Waals surface area contributed by atoms with Crippen molar-refractivity contribution in [2.24, 2.45) is 10.9 Å². The lowest BCUT2D eigenvalue weighted by molar-refractivity contribution is -0.112. The van der Waals surface area contributed by atoms with Gasteiger partial charge in [-0.05, 0) is 40.2 Å². The lowest BCUT2D eigenvalue weighted by Gasteiger charge is -1.99. The first kappa shape index (κ1) is 18.5. The molecule has 132 valence electrons. The summed E-state index contributed by atoms with van der Waals surface area (Å²) in [6.45, 7) is 0. The second-order valence-corrected chi connectivity index (χ2v) is 7.39. The van der Waals surface area contributed by atoms with E-state index in [4.69, 9.17) is 15.0 Å². The van der Waals surface area contributed by atoms with Crippen molar-refractivity contribution in [3.05, 3.63) is 61.7 Å². The van der Waals surface area contributed by atoms with Crippen molar-refractivity contribution in [2.45, 2.75) is 0 Å². The molecule has 0 unspecified atom stereocenters. The largest absolute Gasteiger partial charge is 0.442 e. The SMILES string of the molecule is NC(=O)C(=NOC(=O)c1ccc(Br)o1)c1nc(-c2ccc(Br)cc2)cs1. The number of halogens is 2. The molecule has 1 amide bonds. The Balaban J connectivity index is 1.83. The fourth-order valence-electron chi connectivity index (χ4n) is 1.88. The third kappa shape index (κ3) is 4.26. The van der Waals surface area contributed by atoms with Crippen LogP contribution < -0.4 is 5.73 Å². The summed E-state index contributed by atoms with van der Waals surface area (Å²) < 4.78 is 6.36. The Bertz CT molecular complexity index is 995. The number of thiazole rings is 1. The standard InChI is InChI=1S/C16H9Br2N3O4S/c17-9-3-1-8(2-4-9)10-7-26-15(20-10)13(14(19)22)21-25-16(23)11-5-6-12(18)24-11/h1-7H,(H2,19,22). The van der Waals surface area contributed by atoms with Crippen LogP contribution in [0.15, 0.2) is 60.5 Å². The van der Waals surface area contributed by atoms with Crippen LogP contribution in [0.25, 0.3) is 11.3 Å². The molecule has 0 radical (unpaired) electrons. The van der Waals surface area contributed by atoms with E-state index < -0.39 is 11.9 Å². The van der Waals surface area contributed by atoms with Crippen molar-refractivity contribution >= 4 is 60.8 Å². The fourth-order valence-corrected chi connectivity index (χ4v) is 3.26. The Hall–Kier alpha value is -2.30. The lowest BCUT2D eigenvalue weighted by Crippen LogP contribution is -2.25. The van der Waals surface area contributed by atoms with Gasteiger partial charge in [-0.2, -0.15) is 0 Å². The highest BCUT2D eigenvalue weighted by molar-refractivity contribution is 9.10. The molecule has 0 fully saturated rings. The summed E-state index contributed by atoms with van der Waals surface area (Å²) in [7, 11) is 0. The maximum atomic E-state index is 11.9. The lowest BCUT2D eigenvalue weighted by atomic mass is 10.2. The van der Waals surface area contributed by atoms with Gasteiger partial charge in [0.15, 0.2) is 9.68 Å². The monoisotopic (exact) mass is 497 g/mol. The van der Waals surface area contributed by atoms with Crippen LogP contribution in [0.4, 0.5) is 0 Å². The summed E-state index contributed by atoms with van der Waals surface area (Å²) in [5.41, 5.74) is 6.59. The molecule has 0 atom stereocenters. The van der Waals surface area contributed by atoms with Gasteiger partial charge in [-0.3, -0.25) is 4.79 Å². The molecule has 0 saturated carbocycles. The minimum atomic E-state index is -0.866. The Morgan fingerprint density at radius 1 is 1.15 bits per heavy atom. The van der Waals surface area contributed by atoms with Crippen LogP contribution >= 0.6 is 43.2 Å². The third-order valence-electron chi connectivity index (χ3n) is 3.07. The maximum absolute atomic E-state index is 11.9. The van der Waals surface area contributed by atoms with Crippen molar-refractivity contribution in [1.82, 2.24) is 4.98 Å². The summed E-state index contributed by atoms with van der Waals surface area (Å²) in [4.78, 5) is 32.6. The predicted octanol–water partition coefficient (Wildman–Crippen LogP) is 3.97. The Morgan fingerprint density at radius 2 is 1.88 bits per heavy atom. The number of aromatic nitrogens is 1. The second kappa shape index (κ2) is 7.94. The van der Waals surface area contributed by atoms with E-state index in [-0.39, 0.29) is 16.5 Å². The van der Waals surface area contributed by atoms with E-state index in [1.54, 1.807) is 5.38 Å². The zero-order valence-corrected chi connectivity index (χ0v) is 16.8. The number of hydrogen-bond acceptors (Lipinski definition) is 7. The first-order valence-electron chi connectivity index (χ1n) is 7.00. The van der Waals surface area contributed by atoms with Crippen molar-refractivity contribution in [3.63, 3.8) is 0 Å². The summed E-state index contributed by atoms with van der Waals surface area (Å²) in [6, 6.07) is 10.4. The second-order valence-electron chi connectivity index (χ2n) is 4.83. The van der Waals surface area contributed by atoms with Crippen molar-refractivity contribution in [2.75, 3.05) is 0 Å². The first-order chi connectivity index (χ1) is 12.4. The fraction of sp³-hybridized carbons (Fsp3) is 0. The number of furan rings is 1. The van der Waals surface area contributed by atoms with Crippen LogP contribution in [0.3, 0.4) is 0 Å². The predicted molar refractivity (Wildman–Crippen MR) is 103 cm³/mol. The van der Waals surface area contributed by atoms with Crippen LogP contribution in [-0.4, -0.2) is 22.6 Å². The molecule has 2 aromatic heterocycles. The number of carbonyl (C=O) groups is 2. The van der Waals surface area contributed by atoms with Gasteiger partial charge in [-0.15, -0.1) is 11.3 Å². The summed E-state index contributed by atoms with van der Waals surface area (Å²) in [6.07, 6.45) is 0. The van der Waals surface area contributed by atoms with Gasteiger partial charge in [0.2, 0.25) is 11.5 Å². The van der Waals surface area contributed by atoms with Gasteiger partial charge in [0.25, 0.3) is 5.91 Å². The van der Waals surface area contributed by atoms with Gasteiger partial charge in [-0.1, -0.05) is 33.2 Å². The van der Waals surface area contributed by atoms with E-state index in [1.807, 2.05) is 24.3 Å². The van der Waals surface area contributed by atoms with Crippen molar-refractivity contribution in [1.29, 1.82) is 0 Å². The quantitative estimate of drug-likeness (QED) is 0.325. The maximum Gasteiger partial charge on any atom is 0.400 e. The molecule has 0 aliphatic rings. The van der Waals surface area contributed by atoms with Crippen LogP contribution in [0.1, 0.15) is 15.6 Å². The Labute approximate surface area is 168 Å². The molecule has 26 heavy (non-hydrogen) atoms. The molecule has 10 heteroatoms. The molecule has 0 spiro atoms. The van der Waals surface area contributed by atoms with Gasteiger partial charge < -0.3 is 15.0 Å². The van der Waals surface area contributed by atoms with Gasteiger partial charge in [-0.25, -0.2) is 9.78 Å². The number of oxime groups is 1. The van der Waals surface area contributed by atoms with E-state index in [0.717, 1.165) is 21.4 Å². The van der Waals surface area contributed by atoms with E-state index in [9.17, 15) is 9.59 Å². The Morgan fingerprint density at radius 3 is 2.50 bits per heavy atom. The number of nitrogens with zero attached hydrogens (tertiary/aromatic N) is 2. The van der Waals surface area contributed by atoms with Gasteiger partial charge >= 0.3 is 5.97 Å². The molecule has 2 heterocycles. The molecule has 0 aliphatic carbocycles. The molecule has 0 saturated heterocycles. The van der Waals surface area contributed by atoms with Crippen molar-refractivity contribution in [3.8, 4) is 11.3 Å². The summed E-state index contributed by atoms with van der Waals surface area (Å²) in [5, 5.41) is 5.55. The number of hydrogen-bond donors (Lipinski definition) is 1. The average molecular weight is 499 g/mol. The Kier molecular flexibility index (Phi) is 5.64. The highest BCUT2D eigenvalue weighted by Crippen LogP contribution is 2.24. The first-order valence-corrected chi connectivity index (χ1v) is 9.47. The average Bonchev–Trinajstić information content (AvgIpc) is 3.25. The molecule has 2 N–H and O–H groups in total. The molecular weight excluding hydrogens is 490 g/mol. The number of nitrogens with two attached hydrogens (primary N) is 1. The molecular formula is C16H9Br2N3O4S. The van der Waals surface area contributed by atoms with E-state index in [1.165, 1.54) is 12.1 Å². The highest BCUT2D eigenvalue weighted by Gasteiger charge is 2.19. The minimum absolute atomic E-state index is 0.0702. The molecule has 7 nitrogen and oxygen atoms in total. The van der Waals surface area contributed by atoms with E-state index in [2.05, 4.69) is 42.0 Å². The minimum Gasteiger partial charge on any atom is -0.442 e. The smallest absolute Gasteiger partial charge is 0.400 e. The van der Waals surface area contributed by atoms with Crippen LogP contribution in [0.5, 0.6) is 0 Å². The number of carbonyl (C=O) groups excluding carboxylic acids is 2. The third-order valence-corrected chi connectivity index (χ3v) is 4.88. The zero-order chi connectivity index (χ0) is 18.7. The molecule has 3 aromatic rings. The van der Waals surface area contributed by atoms with Crippen molar-refractivity contribution < 1.29 is 18.8 Å². The highest BCUT2D eigenvalue weighted by atomic mass is 79.9. The summed E-state index contributed by atoms with van der Waals surface area (Å²) in [5.74, 6) is -1.80. The molecule has 0 bridgehead atoms. The van der Waals surface area contributed by atoms with Crippen LogP contribution in [-0.2, 0) is 9.63 Å². The molecule has 3 rings (SSSR count). The number of primary amides is 1. The van der Waals surface area contributed by atoms with E-state index in [0.29, 0.717) is 10.4 Å². The van der Waals surface area contributed by atoms with Gasteiger partial charge in [0.1, 0.15) is 0 Å². The van der Waals surface area contributed by atoms with Crippen LogP contribution in [0, 0.1) is 0 Å². The number of benzene rings is 1. The normalized spacial score (nSPS) is 11.4. The van der Waals surface area contributed by atoms with Gasteiger partial charge in [0.05, 0.1) is 5.69 Å². The van der Waals surface area contributed by atoms with Crippen LogP contribution in [0.2, 0.25) is 0 Å². The topological polar surface area (TPSA) is 108 Å². The zero-order valence-electron chi connectivity index (χ0n) is 12.8. The van der Waals surface area contributed by atoms with E-state index >= 15 is 0 Å².